The van der Waals surface area contributed by atoms with Gasteiger partial charge in [0.25, 0.3) is 5.91 Å². The van der Waals surface area contributed by atoms with E-state index in [9.17, 15) is 24.6 Å². The molecule has 0 radical (unpaired) electrons. The van der Waals surface area contributed by atoms with Crippen LogP contribution in [-0.4, -0.2) is 82.0 Å². The molecule has 36 heavy (non-hydrogen) atoms. The third kappa shape index (κ3) is 4.62. The number of rotatable bonds is 3. The molecule has 8 nitrogen and oxygen atoms in total. The van der Waals surface area contributed by atoms with E-state index in [0.29, 0.717) is 42.5 Å². The number of amides is 2. The predicted molar refractivity (Wildman–Crippen MR) is 136 cm³/mol. The summed E-state index contributed by atoms with van der Waals surface area (Å²) in [6.45, 7) is 1.99. The number of carbonyl (C=O) groups is 3. The van der Waals surface area contributed by atoms with Crippen molar-refractivity contribution in [3.05, 3.63) is 52.2 Å². The number of Topliss-reactive ketones (excluding diaryl/α,β-unsaturated/α-hetero) is 1. The number of hydrogen-bond donors (Lipinski definition) is 2. The maximum atomic E-state index is 13.8. The zero-order valence-electron chi connectivity index (χ0n) is 19.8. The number of piperidine rings is 1. The van der Waals surface area contributed by atoms with Gasteiger partial charge in [0.15, 0.2) is 5.60 Å². The third-order valence-electron chi connectivity index (χ3n) is 8.00. The molecule has 4 aliphatic rings. The Hall–Kier alpha value is -2.55. The number of nitrogens with zero attached hydrogens (tertiary/aromatic N) is 3. The predicted octanol–water partition coefficient (Wildman–Crippen LogP) is 3.12. The summed E-state index contributed by atoms with van der Waals surface area (Å²) in [5.74, 6) is -0.464. The maximum Gasteiger partial charge on any atom is 0.259 e. The van der Waals surface area contributed by atoms with Crippen molar-refractivity contribution in [1.82, 2.24) is 9.80 Å². The van der Waals surface area contributed by atoms with Crippen molar-refractivity contribution in [2.45, 2.75) is 43.7 Å². The van der Waals surface area contributed by atoms with Crippen LogP contribution in [0.25, 0.3) is 0 Å². The van der Waals surface area contributed by atoms with Crippen molar-refractivity contribution in [3.8, 4) is 0 Å². The van der Waals surface area contributed by atoms with Gasteiger partial charge in [-0.05, 0) is 54.7 Å². The number of hydrogen-bond acceptors (Lipinski definition) is 6. The summed E-state index contributed by atoms with van der Waals surface area (Å²) in [6.07, 6.45) is 6.65. The van der Waals surface area contributed by atoms with Gasteiger partial charge in [0.2, 0.25) is 5.91 Å². The summed E-state index contributed by atoms with van der Waals surface area (Å²) in [6, 6.07) is 4.46. The second-order valence-electron chi connectivity index (χ2n) is 10.4. The topological polar surface area (TPSA) is 101 Å². The molecule has 5 rings (SSSR count). The fourth-order valence-electron chi connectivity index (χ4n) is 5.73. The summed E-state index contributed by atoms with van der Waals surface area (Å²) in [7, 11) is 0. The van der Waals surface area contributed by atoms with Crippen molar-refractivity contribution in [2.75, 3.05) is 37.6 Å². The number of aliphatic hydroxyl groups excluding tert-OH is 1. The van der Waals surface area contributed by atoms with Crippen molar-refractivity contribution < 1.29 is 24.6 Å². The summed E-state index contributed by atoms with van der Waals surface area (Å²) >= 11 is 12.3. The Bertz CT molecular complexity index is 1150. The zero-order chi connectivity index (χ0) is 25.7. The van der Waals surface area contributed by atoms with Crippen LogP contribution in [0.3, 0.4) is 0 Å². The molecule has 1 spiro atoms. The minimum absolute atomic E-state index is 0.0127. The van der Waals surface area contributed by atoms with Gasteiger partial charge < -0.3 is 24.9 Å². The lowest BCUT2D eigenvalue weighted by Gasteiger charge is -2.49. The van der Waals surface area contributed by atoms with Crippen LogP contribution in [0.4, 0.5) is 5.69 Å². The van der Waals surface area contributed by atoms with Gasteiger partial charge in [-0.2, -0.15) is 0 Å². The minimum atomic E-state index is -1.82. The summed E-state index contributed by atoms with van der Waals surface area (Å²) in [4.78, 5) is 44.2. The first kappa shape index (κ1) is 25.1. The average molecular weight is 534 g/mol. The molecule has 3 fully saturated rings. The van der Waals surface area contributed by atoms with Crippen LogP contribution >= 0.6 is 23.2 Å². The number of carbonyl (C=O) groups excluding carboxylic acids is 3. The molecule has 1 saturated carbocycles. The number of aliphatic hydroxyl groups is 2. The van der Waals surface area contributed by atoms with Crippen LogP contribution in [0.5, 0.6) is 0 Å². The molecular formula is C26H29Cl2N3O5. The van der Waals surface area contributed by atoms with Crippen LogP contribution in [0.1, 0.15) is 32.1 Å². The van der Waals surface area contributed by atoms with Crippen LogP contribution in [0.15, 0.2) is 42.2 Å². The lowest BCUT2D eigenvalue weighted by atomic mass is 9.62. The monoisotopic (exact) mass is 533 g/mol. The Morgan fingerprint density at radius 2 is 1.75 bits per heavy atom. The normalized spacial score (nSPS) is 27.6. The molecule has 2 atom stereocenters. The molecule has 10 heteroatoms. The minimum Gasteiger partial charge on any atom is -0.508 e. The zero-order valence-corrected chi connectivity index (χ0v) is 21.3. The van der Waals surface area contributed by atoms with Crippen LogP contribution < -0.4 is 4.90 Å². The summed E-state index contributed by atoms with van der Waals surface area (Å²) in [5, 5.41) is 21.6. The number of ketones is 1. The first-order chi connectivity index (χ1) is 17.1. The van der Waals surface area contributed by atoms with Gasteiger partial charge in [0.1, 0.15) is 17.6 Å². The molecule has 2 heterocycles. The Morgan fingerprint density at radius 1 is 1.03 bits per heavy atom. The van der Waals surface area contributed by atoms with Crippen molar-refractivity contribution in [2.24, 2.45) is 5.41 Å². The van der Waals surface area contributed by atoms with Crippen LogP contribution in [-0.2, 0) is 14.4 Å². The number of piperazine rings is 1. The van der Waals surface area contributed by atoms with Gasteiger partial charge in [0.05, 0.1) is 10.0 Å². The maximum absolute atomic E-state index is 13.8. The SMILES string of the molecule is O=C1CC2(CCN(C(=O)C3CN(c4ccc(Cl)c(Cl)c4)CCN3C(=O)C3(O)C=CC(O)=CC3)CC2)C1. The quantitative estimate of drug-likeness (QED) is 0.618. The molecule has 1 aromatic rings. The van der Waals surface area contributed by atoms with E-state index in [1.165, 1.54) is 23.1 Å². The van der Waals surface area contributed by atoms with Crippen LogP contribution in [0, 0.1) is 5.41 Å². The van der Waals surface area contributed by atoms with Gasteiger partial charge in [-0.25, -0.2) is 0 Å². The molecule has 0 bridgehead atoms. The Balaban J connectivity index is 1.38. The van der Waals surface area contributed by atoms with E-state index < -0.39 is 17.6 Å². The third-order valence-corrected chi connectivity index (χ3v) is 8.74. The molecule has 2 unspecified atom stereocenters. The smallest absolute Gasteiger partial charge is 0.259 e. The van der Waals surface area contributed by atoms with Crippen molar-refractivity contribution >= 4 is 46.5 Å². The van der Waals surface area contributed by atoms with Gasteiger partial charge >= 0.3 is 0 Å². The number of allylic oxidation sites excluding steroid dienone is 1. The Kier molecular flexibility index (Phi) is 6.55. The molecule has 192 valence electrons. The highest BCUT2D eigenvalue weighted by Gasteiger charge is 2.48. The molecule has 0 aromatic heterocycles. The standard InChI is InChI=1S/C26H29Cl2N3O5/c27-20-2-1-17(13-21(20)28)30-11-12-31(24(35)26(36)5-3-18(32)4-6-26)22(16-30)23(34)29-9-7-25(8-10-29)14-19(33)15-25/h1-5,13,22,32,36H,6-12,14-16H2. The number of halogens is 2. The van der Waals surface area contributed by atoms with Crippen molar-refractivity contribution in [3.63, 3.8) is 0 Å². The highest BCUT2D eigenvalue weighted by atomic mass is 35.5. The largest absolute Gasteiger partial charge is 0.508 e. The lowest BCUT2D eigenvalue weighted by molar-refractivity contribution is -0.157. The first-order valence-corrected chi connectivity index (χ1v) is 13.0. The molecule has 1 aromatic carbocycles. The molecule has 2 aliphatic carbocycles. The fraction of sp³-hybridized carbons (Fsp3) is 0.500. The fourth-order valence-corrected chi connectivity index (χ4v) is 6.02. The number of anilines is 1. The van der Waals surface area contributed by atoms with Crippen LogP contribution in [0.2, 0.25) is 10.0 Å². The van der Waals surface area contributed by atoms with Crippen molar-refractivity contribution in [1.29, 1.82) is 0 Å². The van der Waals surface area contributed by atoms with E-state index in [1.807, 2.05) is 11.0 Å². The number of benzene rings is 1. The molecule has 2 N–H and O–H groups in total. The lowest BCUT2D eigenvalue weighted by Crippen LogP contribution is -2.65. The van der Waals surface area contributed by atoms with Gasteiger partial charge in [0, 0.05) is 57.7 Å². The highest BCUT2D eigenvalue weighted by molar-refractivity contribution is 6.42. The average Bonchev–Trinajstić information content (AvgIpc) is 2.86. The summed E-state index contributed by atoms with van der Waals surface area (Å²) in [5.41, 5.74) is -1.00. The van der Waals surface area contributed by atoms with E-state index in [4.69, 9.17) is 23.2 Å². The molecule has 2 saturated heterocycles. The van der Waals surface area contributed by atoms with Gasteiger partial charge in [-0.15, -0.1) is 0 Å². The van der Waals surface area contributed by atoms with E-state index in [-0.39, 0.29) is 42.4 Å². The second kappa shape index (κ2) is 9.39. The van der Waals surface area contributed by atoms with E-state index in [1.54, 1.807) is 17.0 Å². The van der Waals surface area contributed by atoms with Gasteiger partial charge in [-0.1, -0.05) is 23.2 Å². The van der Waals surface area contributed by atoms with E-state index >= 15 is 0 Å². The number of likely N-dealkylation sites (tertiary alicyclic amines) is 1. The molecule has 2 amide bonds. The molecule has 2 aliphatic heterocycles. The van der Waals surface area contributed by atoms with Gasteiger partial charge in [-0.3, -0.25) is 14.4 Å². The Morgan fingerprint density at radius 3 is 2.36 bits per heavy atom. The Labute approximate surface area is 219 Å². The first-order valence-electron chi connectivity index (χ1n) is 12.2. The summed E-state index contributed by atoms with van der Waals surface area (Å²) < 4.78 is 0. The second-order valence-corrected chi connectivity index (χ2v) is 11.2. The van der Waals surface area contributed by atoms with E-state index in [2.05, 4.69) is 0 Å². The van der Waals surface area contributed by atoms with E-state index in [0.717, 1.165) is 18.5 Å². The molecular weight excluding hydrogens is 505 g/mol. The highest BCUT2D eigenvalue weighted by Crippen LogP contribution is 2.46.